The summed E-state index contributed by atoms with van der Waals surface area (Å²) < 4.78 is 0. The first kappa shape index (κ1) is 14.3. The van der Waals surface area contributed by atoms with Crippen molar-refractivity contribution in [1.29, 1.82) is 0 Å². The monoisotopic (exact) mass is 343 g/mol. The van der Waals surface area contributed by atoms with Crippen molar-refractivity contribution in [2.45, 2.75) is 24.2 Å². The average Bonchev–Trinajstić information content (AvgIpc) is 3.34. The van der Waals surface area contributed by atoms with Gasteiger partial charge in [0, 0.05) is 17.8 Å². The molecule has 0 heterocycles. The molecule has 2 aromatic carbocycles. The van der Waals surface area contributed by atoms with E-state index in [-0.39, 0.29) is 11.8 Å². The second kappa shape index (κ2) is 6.44. The van der Waals surface area contributed by atoms with Crippen LogP contribution in [0.4, 0.5) is 0 Å². The maximum absolute atomic E-state index is 12.2. The minimum Gasteiger partial charge on any atom is -0.352 e. The first-order chi connectivity index (χ1) is 10.3. The van der Waals surface area contributed by atoms with Crippen molar-refractivity contribution in [3.05, 3.63) is 71.3 Å². The standard InChI is InChI=1S/C18H18BrNO/c19-11-13-5-4-6-14(9-13)12-20-18(21)17-10-16(17)15-7-2-1-3-8-15/h1-9,16-17H,10-12H2,(H,20,21). The van der Waals surface area contributed by atoms with Gasteiger partial charge in [0.2, 0.25) is 5.91 Å². The number of benzene rings is 2. The van der Waals surface area contributed by atoms with Gasteiger partial charge in [-0.15, -0.1) is 0 Å². The molecule has 1 N–H and O–H groups in total. The van der Waals surface area contributed by atoms with Crippen molar-refractivity contribution in [2.75, 3.05) is 0 Å². The van der Waals surface area contributed by atoms with Gasteiger partial charge in [-0.05, 0) is 29.0 Å². The van der Waals surface area contributed by atoms with Crippen molar-refractivity contribution < 1.29 is 4.79 Å². The van der Waals surface area contributed by atoms with Crippen molar-refractivity contribution in [3.63, 3.8) is 0 Å². The van der Waals surface area contributed by atoms with E-state index >= 15 is 0 Å². The molecule has 3 rings (SSSR count). The molecule has 0 saturated heterocycles. The highest BCUT2D eigenvalue weighted by molar-refractivity contribution is 9.08. The van der Waals surface area contributed by atoms with E-state index in [1.165, 1.54) is 11.1 Å². The molecule has 2 unspecified atom stereocenters. The van der Waals surface area contributed by atoms with Crippen LogP contribution < -0.4 is 5.32 Å². The van der Waals surface area contributed by atoms with Crippen molar-refractivity contribution in [2.24, 2.45) is 5.92 Å². The maximum Gasteiger partial charge on any atom is 0.224 e. The summed E-state index contributed by atoms with van der Waals surface area (Å²) >= 11 is 3.45. The summed E-state index contributed by atoms with van der Waals surface area (Å²) in [4.78, 5) is 12.2. The van der Waals surface area contributed by atoms with Crippen LogP contribution in [0.25, 0.3) is 0 Å². The van der Waals surface area contributed by atoms with Crippen LogP contribution in [-0.2, 0) is 16.7 Å². The van der Waals surface area contributed by atoms with Crippen LogP contribution >= 0.6 is 15.9 Å². The minimum absolute atomic E-state index is 0.145. The molecule has 1 saturated carbocycles. The fraction of sp³-hybridized carbons (Fsp3) is 0.278. The molecular weight excluding hydrogens is 326 g/mol. The SMILES string of the molecule is O=C(NCc1cccc(CBr)c1)C1CC1c1ccccc1. The predicted molar refractivity (Wildman–Crippen MR) is 88.2 cm³/mol. The molecule has 0 spiro atoms. The van der Waals surface area contributed by atoms with Crippen LogP contribution in [-0.4, -0.2) is 5.91 Å². The van der Waals surface area contributed by atoms with E-state index in [9.17, 15) is 4.79 Å². The van der Waals surface area contributed by atoms with E-state index in [0.29, 0.717) is 12.5 Å². The summed E-state index contributed by atoms with van der Waals surface area (Å²) in [6.07, 6.45) is 0.970. The van der Waals surface area contributed by atoms with Gasteiger partial charge < -0.3 is 5.32 Å². The van der Waals surface area contributed by atoms with Gasteiger partial charge in [-0.25, -0.2) is 0 Å². The highest BCUT2D eigenvalue weighted by Crippen LogP contribution is 2.47. The average molecular weight is 344 g/mol. The number of halogens is 1. The van der Waals surface area contributed by atoms with Gasteiger partial charge in [0.05, 0.1) is 0 Å². The molecule has 0 aliphatic heterocycles. The zero-order valence-corrected chi connectivity index (χ0v) is 13.3. The molecular formula is C18H18BrNO. The number of amides is 1. The number of hydrogen-bond donors (Lipinski definition) is 1. The molecule has 21 heavy (non-hydrogen) atoms. The van der Waals surface area contributed by atoms with Crippen molar-refractivity contribution in [1.82, 2.24) is 5.32 Å². The second-order valence-electron chi connectivity index (χ2n) is 5.53. The van der Waals surface area contributed by atoms with Gasteiger partial charge >= 0.3 is 0 Å². The lowest BCUT2D eigenvalue weighted by atomic mass is 10.1. The minimum atomic E-state index is 0.145. The van der Waals surface area contributed by atoms with Crippen LogP contribution in [0.5, 0.6) is 0 Å². The van der Waals surface area contributed by atoms with E-state index in [1.54, 1.807) is 0 Å². The Hall–Kier alpha value is -1.61. The molecule has 1 aliphatic carbocycles. The highest BCUT2D eigenvalue weighted by atomic mass is 79.9. The first-order valence-corrected chi connectivity index (χ1v) is 8.36. The van der Waals surface area contributed by atoms with E-state index < -0.39 is 0 Å². The van der Waals surface area contributed by atoms with Crippen molar-refractivity contribution >= 4 is 21.8 Å². The number of nitrogens with one attached hydrogen (secondary N) is 1. The zero-order chi connectivity index (χ0) is 14.7. The van der Waals surface area contributed by atoms with Crippen LogP contribution in [0, 0.1) is 5.92 Å². The summed E-state index contributed by atoms with van der Waals surface area (Å²) in [6, 6.07) is 18.6. The summed E-state index contributed by atoms with van der Waals surface area (Å²) in [6.45, 7) is 0.609. The molecule has 2 aromatic rings. The molecule has 108 valence electrons. The largest absolute Gasteiger partial charge is 0.352 e. The zero-order valence-electron chi connectivity index (χ0n) is 11.8. The highest BCUT2D eigenvalue weighted by Gasteiger charge is 2.43. The Morgan fingerprint density at radius 1 is 1.10 bits per heavy atom. The lowest BCUT2D eigenvalue weighted by molar-refractivity contribution is -0.122. The Kier molecular flexibility index (Phi) is 4.39. The van der Waals surface area contributed by atoms with Gasteiger partial charge in [0.15, 0.2) is 0 Å². The van der Waals surface area contributed by atoms with Gasteiger partial charge in [-0.2, -0.15) is 0 Å². The van der Waals surface area contributed by atoms with Gasteiger partial charge in [0.1, 0.15) is 0 Å². The van der Waals surface area contributed by atoms with E-state index in [4.69, 9.17) is 0 Å². The third kappa shape index (κ3) is 3.53. The predicted octanol–water partition coefficient (Wildman–Crippen LogP) is 4.00. The Morgan fingerprint density at radius 3 is 2.62 bits per heavy atom. The summed E-state index contributed by atoms with van der Waals surface area (Å²) in [5.74, 6) is 0.722. The molecule has 0 radical (unpaired) electrons. The van der Waals surface area contributed by atoms with Crippen LogP contribution in [0.15, 0.2) is 54.6 Å². The fourth-order valence-electron chi connectivity index (χ4n) is 2.70. The fourth-order valence-corrected chi connectivity index (χ4v) is 3.05. The molecule has 2 atom stereocenters. The number of rotatable bonds is 5. The van der Waals surface area contributed by atoms with Gasteiger partial charge in [-0.3, -0.25) is 4.79 Å². The number of alkyl halides is 1. The maximum atomic E-state index is 12.2. The lowest BCUT2D eigenvalue weighted by Gasteiger charge is -2.06. The van der Waals surface area contributed by atoms with Crippen molar-refractivity contribution in [3.8, 4) is 0 Å². The van der Waals surface area contributed by atoms with Crippen LogP contribution in [0.1, 0.15) is 29.0 Å². The molecule has 1 fully saturated rings. The molecule has 3 heteroatoms. The van der Waals surface area contributed by atoms with Crippen LogP contribution in [0.3, 0.4) is 0 Å². The van der Waals surface area contributed by atoms with Gasteiger partial charge in [0.25, 0.3) is 0 Å². The topological polar surface area (TPSA) is 29.1 Å². The molecule has 1 aliphatic rings. The molecule has 2 nitrogen and oxygen atoms in total. The first-order valence-electron chi connectivity index (χ1n) is 7.24. The summed E-state index contributed by atoms with van der Waals surface area (Å²) in [5, 5.41) is 3.90. The second-order valence-corrected chi connectivity index (χ2v) is 6.09. The number of carbonyl (C=O) groups is 1. The van der Waals surface area contributed by atoms with Gasteiger partial charge in [-0.1, -0.05) is 70.5 Å². The summed E-state index contributed by atoms with van der Waals surface area (Å²) in [5.41, 5.74) is 3.66. The quantitative estimate of drug-likeness (QED) is 0.816. The van der Waals surface area contributed by atoms with Crippen LogP contribution in [0.2, 0.25) is 0 Å². The van der Waals surface area contributed by atoms with E-state index in [1.807, 2.05) is 30.3 Å². The normalized spacial score (nSPS) is 20.0. The summed E-state index contributed by atoms with van der Waals surface area (Å²) in [7, 11) is 0. The Morgan fingerprint density at radius 2 is 1.86 bits per heavy atom. The number of carbonyl (C=O) groups excluding carboxylic acids is 1. The molecule has 0 bridgehead atoms. The van der Waals surface area contributed by atoms with E-state index in [0.717, 1.165) is 17.3 Å². The lowest BCUT2D eigenvalue weighted by Crippen LogP contribution is -2.24. The molecule has 1 amide bonds. The number of hydrogen-bond acceptors (Lipinski definition) is 1. The Balaban J connectivity index is 1.54. The Bertz CT molecular complexity index is 626. The Labute approximate surface area is 133 Å². The third-order valence-corrected chi connectivity index (χ3v) is 4.61. The smallest absolute Gasteiger partial charge is 0.224 e. The van der Waals surface area contributed by atoms with E-state index in [2.05, 4.69) is 45.5 Å². The molecule has 0 aromatic heterocycles. The third-order valence-electron chi connectivity index (χ3n) is 3.97.